The van der Waals surface area contributed by atoms with E-state index >= 15 is 0 Å². The van der Waals surface area contributed by atoms with Crippen LogP contribution in [0.1, 0.15) is 31.2 Å². The number of ether oxygens (including phenoxy) is 1. The molecule has 1 aromatic rings. The van der Waals surface area contributed by atoms with Crippen LogP contribution in [0.2, 0.25) is 5.02 Å². The second kappa shape index (κ2) is 12.5. The summed E-state index contributed by atoms with van der Waals surface area (Å²) in [6, 6.07) is 4.90. The number of likely N-dealkylation sites (tertiary alicyclic amines) is 2. The molecule has 0 aliphatic carbocycles. The molecular weight excluding hydrogens is 528 g/mol. The Hall–Kier alpha value is -1.96. The average Bonchev–Trinajstić information content (AvgIpc) is 2.84. The van der Waals surface area contributed by atoms with Gasteiger partial charge < -0.3 is 9.64 Å². The van der Waals surface area contributed by atoms with E-state index in [4.69, 9.17) is 16.3 Å². The third-order valence-electron chi connectivity index (χ3n) is 6.30. The summed E-state index contributed by atoms with van der Waals surface area (Å²) < 4.78 is 57.8. The summed E-state index contributed by atoms with van der Waals surface area (Å²) in [6.45, 7) is 9.29. The Morgan fingerprint density at radius 2 is 1.50 bits per heavy atom. The number of sulfonamides is 2. The third kappa shape index (κ3) is 8.56. The number of carbonyl (C=O) groups is 1. The highest BCUT2D eigenvalue weighted by Gasteiger charge is 2.26. The maximum absolute atomic E-state index is 12.7. The van der Waals surface area contributed by atoms with Crippen molar-refractivity contribution in [2.75, 3.05) is 32.8 Å². The molecule has 2 aliphatic heterocycles. The van der Waals surface area contributed by atoms with Crippen molar-refractivity contribution in [3.8, 4) is 5.75 Å². The van der Waals surface area contributed by atoms with Crippen molar-refractivity contribution in [3.05, 3.63) is 52.8 Å². The molecule has 0 saturated carbocycles. The number of piperidine rings is 2. The van der Waals surface area contributed by atoms with E-state index in [0.29, 0.717) is 69.2 Å². The average molecular weight is 561 g/mol. The molecule has 2 aliphatic rings. The van der Waals surface area contributed by atoms with Crippen LogP contribution in [-0.4, -0.2) is 77.4 Å². The first-order valence-electron chi connectivity index (χ1n) is 11.7. The van der Waals surface area contributed by atoms with Gasteiger partial charge in [0.2, 0.25) is 20.0 Å². The molecule has 1 amide bonds. The Kier molecular flexibility index (Phi) is 9.95. The van der Waals surface area contributed by atoms with Gasteiger partial charge >= 0.3 is 0 Å². The smallest absolute Gasteiger partial charge is 0.260 e. The Labute approximate surface area is 218 Å². The fraction of sp³-hybridized carbons (Fsp3) is 0.522. The Balaban J connectivity index is 1.51. The molecule has 3 rings (SSSR count). The fourth-order valence-electron chi connectivity index (χ4n) is 4.30. The maximum Gasteiger partial charge on any atom is 0.260 e. The van der Waals surface area contributed by atoms with Gasteiger partial charge in [-0.15, -0.1) is 0 Å². The number of carbonyl (C=O) groups excluding carboxylic acids is 1. The largest absolute Gasteiger partial charge is 0.483 e. The summed E-state index contributed by atoms with van der Waals surface area (Å²) in [7, 11) is -6.96. The summed E-state index contributed by atoms with van der Waals surface area (Å²) in [5.41, 5.74) is 0.845. The lowest BCUT2D eigenvalue weighted by molar-refractivity contribution is -0.134. The quantitative estimate of drug-likeness (QED) is 0.423. The molecule has 0 spiro atoms. The van der Waals surface area contributed by atoms with E-state index in [1.54, 1.807) is 17.0 Å². The van der Waals surface area contributed by atoms with Gasteiger partial charge in [-0.2, -0.15) is 0 Å². The molecule has 0 aromatic heterocycles. The van der Waals surface area contributed by atoms with Crippen LogP contribution in [0.5, 0.6) is 5.75 Å². The number of nitrogens with zero attached hydrogens (tertiary/aromatic N) is 2. The Morgan fingerprint density at radius 3 is 2.03 bits per heavy atom. The van der Waals surface area contributed by atoms with E-state index < -0.39 is 20.0 Å². The van der Waals surface area contributed by atoms with Gasteiger partial charge in [0.1, 0.15) is 5.75 Å². The number of benzene rings is 1. The summed E-state index contributed by atoms with van der Waals surface area (Å²) >= 11 is 6.21. The number of rotatable bonds is 11. The van der Waals surface area contributed by atoms with E-state index in [1.807, 2.05) is 6.07 Å². The van der Waals surface area contributed by atoms with Gasteiger partial charge in [0.05, 0.1) is 0 Å². The van der Waals surface area contributed by atoms with Gasteiger partial charge in [0, 0.05) is 66.2 Å². The third-order valence-corrected chi connectivity index (χ3v) is 8.74. The molecule has 0 radical (unpaired) electrons. The zero-order chi connectivity index (χ0) is 26.3. The number of hydrogen-bond donors (Lipinski definition) is 2. The standard InChI is InChI=1S/C23H33ClN4O6S2/c1-3-35(30,31)25-20-7-11-27(12-8-20)16-18-15-19(24)5-6-22(18)34-17-23(29)28-13-9-21(10-14-28)26-36(32,33)4-2/h3-6,15,20-21,25-26H,1-2,7-14,16-17H2. The number of amides is 1. The lowest BCUT2D eigenvalue weighted by atomic mass is 10.0. The summed E-state index contributed by atoms with van der Waals surface area (Å²) in [5, 5.41) is 2.36. The molecule has 1 aromatic carbocycles. The molecule has 10 nitrogen and oxygen atoms in total. The van der Waals surface area contributed by atoms with E-state index in [9.17, 15) is 21.6 Å². The number of halogens is 1. The van der Waals surface area contributed by atoms with E-state index in [0.717, 1.165) is 16.4 Å². The Morgan fingerprint density at radius 1 is 0.972 bits per heavy atom. The molecule has 2 heterocycles. The van der Waals surface area contributed by atoms with Crippen molar-refractivity contribution in [2.45, 2.75) is 44.3 Å². The fourth-order valence-corrected chi connectivity index (χ4v) is 6.09. The zero-order valence-electron chi connectivity index (χ0n) is 20.1. The van der Waals surface area contributed by atoms with Crippen molar-refractivity contribution >= 4 is 37.6 Å². The number of nitrogens with one attached hydrogen (secondary N) is 2. The second-order valence-corrected chi connectivity index (χ2v) is 12.7. The predicted octanol–water partition coefficient (Wildman–Crippen LogP) is 1.80. The van der Waals surface area contributed by atoms with Gasteiger partial charge in [0.15, 0.2) is 6.61 Å². The predicted molar refractivity (Wildman–Crippen MR) is 139 cm³/mol. The van der Waals surface area contributed by atoms with Crippen molar-refractivity contribution in [3.63, 3.8) is 0 Å². The van der Waals surface area contributed by atoms with Crippen LogP contribution in [0.25, 0.3) is 0 Å². The molecule has 2 N–H and O–H groups in total. The molecule has 0 atom stereocenters. The first-order chi connectivity index (χ1) is 17.0. The van der Waals surface area contributed by atoms with Gasteiger partial charge in [-0.25, -0.2) is 26.3 Å². The first kappa shape index (κ1) is 28.6. The molecule has 0 unspecified atom stereocenters. The van der Waals surface area contributed by atoms with Crippen LogP contribution in [0, 0.1) is 0 Å². The first-order valence-corrected chi connectivity index (χ1v) is 15.2. The van der Waals surface area contributed by atoms with E-state index in [1.165, 1.54) is 0 Å². The molecule has 200 valence electrons. The molecule has 0 bridgehead atoms. The SMILES string of the molecule is C=CS(=O)(=O)NC1CCN(Cc2cc(Cl)ccc2OCC(=O)N2CCC(NS(=O)(=O)C=C)CC2)CC1. The van der Waals surface area contributed by atoms with E-state index in [-0.39, 0.29) is 24.6 Å². The van der Waals surface area contributed by atoms with Gasteiger partial charge in [0.25, 0.3) is 5.91 Å². The van der Waals surface area contributed by atoms with Crippen LogP contribution in [0.3, 0.4) is 0 Å². The molecule has 2 fully saturated rings. The summed E-state index contributed by atoms with van der Waals surface area (Å²) in [6.07, 6.45) is 2.37. The van der Waals surface area contributed by atoms with Crippen molar-refractivity contribution in [2.24, 2.45) is 0 Å². The topological polar surface area (TPSA) is 125 Å². The van der Waals surface area contributed by atoms with Gasteiger partial charge in [-0.3, -0.25) is 9.69 Å². The monoisotopic (exact) mass is 560 g/mol. The highest BCUT2D eigenvalue weighted by atomic mass is 35.5. The minimum Gasteiger partial charge on any atom is -0.483 e. The second-order valence-electron chi connectivity index (χ2n) is 8.91. The van der Waals surface area contributed by atoms with Crippen molar-refractivity contribution in [1.82, 2.24) is 19.2 Å². The molecule has 36 heavy (non-hydrogen) atoms. The lowest BCUT2D eigenvalue weighted by Crippen LogP contribution is -2.47. The van der Waals surface area contributed by atoms with E-state index in [2.05, 4.69) is 27.5 Å². The van der Waals surface area contributed by atoms with Gasteiger partial charge in [-0.1, -0.05) is 24.8 Å². The molecule has 13 heteroatoms. The van der Waals surface area contributed by atoms with Crippen LogP contribution in [0.15, 0.2) is 42.2 Å². The summed E-state index contributed by atoms with van der Waals surface area (Å²) in [4.78, 5) is 16.6. The van der Waals surface area contributed by atoms with Crippen LogP contribution < -0.4 is 14.2 Å². The number of hydrogen-bond acceptors (Lipinski definition) is 7. The van der Waals surface area contributed by atoms with Crippen molar-refractivity contribution in [1.29, 1.82) is 0 Å². The van der Waals surface area contributed by atoms with Crippen molar-refractivity contribution < 1.29 is 26.4 Å². The minimum atomic E-state index is -3.50. The molecule has 2 saturated heterocycles. The highest BCUT2D eigenvalue weighted by molar-refractivity contribution is 7.92. The summed E-state index contributed by atoms with van der Waals surface area (Å²) in [5.74, 6) is 0.395. The normalized spacial score (nSPS) is 18.6. The Bertz CT molecular complexity index is 1160. The van der Waals surface area contributed by atoms with Gasteiger partial charge in [-0.05, 0) is 43.9 Å². The maximum atomic E-state index is 12.7. The highest BCUT2D eigenvalue weighted by Crippen LogP contribution is 2.26. The lowest BCUT2D eigenvalue weighted by Gasteiger charge is -2.33. The zero-order valence-corrected chi connectivity index (χ0v) is 22.5. The minimum absolute atomic E-state index is 0.131. The van der Waals surface area contributed by atoms with Crippen LogP contribution in [0.4, 0.5) is 0 Å². The van der Waals surface area contributed by atoms with Crippen LogP contribution >= 0.6 is 11.6 Å². The van der Waals surface area contributed by atoms with Crippen LogP contribution in [-0.2, 0) is 31.4 Å². The molecular formula is C23H33ClN4O6S2.